The fourth-order valence-corrected chi connectivity index (χ4v) is 3.01. The Hall–Kier alpha value is -2.15. The number of hydrogen-bond acceptors (Lipinski definition) is 4. The van der Waals surface area contributed by atoms with Crippen LogP contribution in [0.15, 0.2) is 24.3 Å². The number of rotatable bonds is 4. The van der Waals surface area contributed by atoms with Gasteiger partial charge < -0.3 is 4.74 Å². The number of carbonyl (C=O) groups excluding carboxylic acids is 2. The van der Waals surface area contributed by atoms with E-state index < -0.39 is 11.4 Å². The Morgan fingerprint density at radius 2 is 2.05 bits per heavy atom. The maximum Gasteiger partial charge on any atom is 0.320 e. The molecule has 0 radical (unpaired) electrons. The van der Waals surface area contributed by atoms with Gasteiger partial charge in [0.1, 0.15) is 5.41 Å². The van der Waals surface area contributed by atoms with Crippen LogP contribution in [0.3, 0.4) is 0 Å². The first kappa shape index (κ1) is 16.2. The molecule has 1 aliphatic carbocycles. The Kier molecular flexibility index (Phi) is 4.65. The Morgan fingerprint density at radius 1 is 1.41 bits per heavy atom. The van der Waals surface area contributed by atoms with Crippen molar-refractivity contribution >= 4 is 11.8 Å². The minimum absolute atomic E-state index is 0.0255. The second kappa shape index (κ2) is 6.31. The van der Waals surface area contributed by atoms with Crippen molar-refractivity contribution in [2.45, 2.75) is 46.1 Å². The number of ketones is 1. The summed E-state index contributed by atoms with van der Waals surface area (Å²) in [7, 11) is 0. The van der Waals surface area contributed by atoms with Crippen LogP contribution in [0.4, 0.5) is 0 Å². The normalized spacial score (nSPS) is 24.3. The Bertz CT molecular complexity index is 612. The lowest BCUT2D eigenvalue weighted by Crippen LogP contribution is -2.41. The Balaban J connectivity index is 2.31. The average molecular weight is 299 g/mol. The van der Waals surface area contributed by atoms with Gasteiger partial charge in [0.15, 0.2) is 5.78 Å². The van der Waals surface area contributed by atoms with Crippen molar-refractivity contribution in [2.24, 2.45) is 11.3 Å². The number of nitriles is 1. The van der Waals surface area contributed by atoms with Gasteiger partial charge in [-0.15, -0.1) is 0 Å². The van der Waals surface area contributed by atoms with Crippen molar-refractivity contribution in [3.05, 3.63) is 35.4 Å². The highest BCUT2D eigenvalue weighted by atomic mass is 16.5. The molecule has 1 aliphatic rings. The number of carbonyl (C=O) groups is 2. The molecule has 0 spiro atoms. The van der Waals surface area contributed by atoms with E-state index in [2.05, 4.69) is 6.07 Å². The number of benzene rings is 1. The number of Topliss-reactive ketones (excluding diaryl/α,β-unsaturated/α-hetero) is 1. The van der Waals surface area contributed by atoms with Crippen molar-refractivity contribution in [3.8, 4) is 6.07 Å². The van der Waals surface area contributed by atoms with Crippen LogP contribution in [0.1, 0.15) is 44.7 Å². The molecule has 22 heavy (non-hydrogen) atoms. The van der Waals surface area contributed by atoms with E-state index in [9.17, 15) is 9.59 Å². The zero-order chi connectivity index (χ0) is 16.3. The molecular formula is C18H21NO3. The molecule has 1 aromatic rings. The third-order valence-electron chi connectivity index (χ3n) is 4.25. The second-order valence-electron chi connectivity index (χ2n) is 6.33. The van der Waals surface area contributed by atoms with Crippen LogP contribution in [0.2, 0.25) is 0 Å². The SMILES string of the molecule is CC(C)OC(=O)C1(Cc2ccc(C#N)cc2)CCC(C)C1=O. The maximum absolute atomic E-state index is 12.6. The molecule has 0 aliphatic heterocycles. The molecule has 116 valence electrons. The zero-order valence-corrected chi connectivity index (χ0v) is 13.3. The van der Waals surface area contributed by atoms with E-state index in [1.165, 1.54) is 0 Å². The fraction of sp³-hybridized carbons (Fsp3) is 0.500. The van der Waals surface area contributed by atoms with Gasteiger partial charge in [0.2, 0.25) is 0 Å². The summed E-state index contributed by atoms with van der Waals surface area (Å²) < 4.78 is 5.36. The monoisotopic (exact) mass is 299 g/mol. The van der Waals surface area contributed by atoms with Crippen molar-refractivity contribution in [1.82, 2.24) is 0 Å². The molecule has 2 unspecified atom stereocenters. The largest absolute Gasteiger partial charge is 0.462 e. The first-order valence-electron chi connectivity index (χ1n) is 7.63. The van der Waals surface area contributed by atoms with Gasteiger partial charge in [-0.2, -0.15) is 5.26 Å². The number of hydrogen-bond donors (Lipinski definition) is 0. The topological polar surface area (TPSA) is 67.2 Å². The van der Waals surface area contributed by atoms with Crippen LogP contribution in [0, 0.1) is 22.7 Å². The lowest BCUT2D eigenvalue weighted by Gasteiger charge is -2.27. The quantitative estimate of drug-likeness (QED) is 0.633. The van der Waals surface area contributed by atoms with Crippen molar-refractivity contribution in [3.63, 3.8) is 0 Å². The van der Waals surface area contributed by atoms with Gasteiger partial charge in [0.25, 0.3) is 0 Å². The zero-order valence-electron chi connectivity index (χ0n) is 13.3. The van der Waals surface area contributed by atoms with Gasteiger partial charge in [0.05, 0.1) is 17.7 Å². The first-order valence-corrected chi connectivity index (χ1v) is 7.63. The molecule has 1 saturated carbocycles. The van der Waals surface area contributed by atoms with Gasteiger partial charge >= 0.3 is 5.97 Å². The predicted molar refractivity (Wildman–Crippen MR) is 81.9 cm³/mol. The lowest BCUT2D eigenvalue weighted by molar-refractivity contribution is -0.163. The van der Waals surface area contributed by atoms with Gasteiger partial charge in [-0.1, -0.05) is 19.1 Å². The van der Waals surface area contributed by atoms with Crippen LogP contribution < -0.4 is 0 Å². The van der Waals surface area contributed by atoms with Crippen LogP contribution in [0.5, 0.6) is 0 Å². The molecule has 1 aromatic carbocycles. The summed E-state index contributed by atoms with van der Waals surface area (Å²) in [5.74, 6) is -0.554. The molecule has 0 heterocycles. The Morgan fingerprint density at radius 3 is 2.50 bits per heavy atom. The van der Waals surface area contributed by atoms with Crippen LogP contribution in [-0.4, -0.2) is 17.9 Å². The summed E-state index contributed by atoms with van der Waals surface area (Å²) in [6.07, 6.45) is 1.34. The summed E-state index contributed by atoms with van der Waals surface area (Å²) in [4.78, 5) is 25.2. The smallest absolute Gasteiger partial charge is 0.320 e. The van der Waals surface area contributed by atoms with Gasteiger partial charge in [0, 0.05) is 5.92 Å². The summed E-state index contributed by atoms with van der Waals surface area (Å²) in [6.45, 7) is 5.44. The molecule has 0 amide bonds. The van der Waals surface area contributed by atoms with Crippen molar-refractivity contribution in [2.75, 3.05) is 0 Å². The minimum Gasteiger partial charge on any atom is -0.462 e. The number of esters is 1. The van der Waals surface area contributed by atoms with Crippen LogP contribution >= 0.6 is 0 Å². The van der Waals surface area contributed by atoms with E-state index in [1.807, 2.05) is 6.92 Å². The first-order chi connectivity index (χ1) is 10.4. The van der Waals surface area contributed by atoms with E-state index in [1.54, 1.807) is 38.1 Å². The predicted octanol–water partition coefficient (Wildman–Crippen LogP) is 3.04. The van der Waals surface area contributed by atoms with E-state index in [-0.39, 0.29) is 17.8 Å². The third kappa shape index (κ3) is 3.04. The summed E-state index contributed by atoms with van der Waals surface area (Å²) in [5, 5.41) is 8.85. The highest BCUT2D eigenvalue weighted by Crippen LogP contribution is 2.42. The lowest BCUT2D eigenvalue weighted by atomic mass is 9.78. The van der Waals surface area contributed by atoms with Gasteiger partial charge in [-0.3, -0.25) is 9.59 Å². The number of nitrogens with zero attached hydrogens (tertiary/aromatic N) is 1. The number of ether oxygens (including phenoxy) is 1. The third-order valence-corrected chi connectivity index (χ3v) is 4.25. The average Bonchev–Trinajstić information content (AvgIpc) is 2.77. The van der Waals surface area contributed by atoms with Gasteiger partial charge in [-0.05, 0) is 50.8 Å². The molecule has 0 bridgehead atoms. The molecule has 0 N–H and O–H groups in total. The molecule has 4 nitrogen and oxygen atoms in total. The van der Waals surface area contributed by atoms with E-state index in [0.717, 1.165) is 5.56 Å². The molecule has 0 saturated heterocycles. The Labute approximate surface area is 131 Å². The maximum atomic E-state index is 12.6. The molecular weight excluding hydrogens is 278 g/mol. The minimum atomic E-state index is -1.07. The van der Waals surface area contributed by atoms with Crippen LogP contribution in [-0.2, 0) is 20.7 Å². The van der Waals surface area contributed by atoms with Crippen molar-refractivity contribution in [1.29, 1.82) is 5.26 Å². The molecule has 2 rings (SSSR count). The van der Waals surface area contributed by atoms with E-state index >= 15 is 0 Å². The second-order valence-corrected chi connectivity index (χ2v) is 6.33. The summed E-state index contributed by atoms with van der Waals surface area (Å²) in [5.41, 5.74) is 0.369. The molecule has 0 aromatic heterocycles. The highest BCUT2D eigenvalue weighted by Gasteiger charge is 2.53. The van der Waals surface area contributed by atoms with Crippen molar-refractivity contribution < 1.29 is 14.3 Å². The molecule has 1 fully saturated rings. The van der Waals surface area contributed by atoms with Gasteiger partial charge in [-0.25, -0.2) is 0 Å². The molecule has 4 heteroatoms. The standard InChI is InChI=1S/C18H21NO3/c1-12(2)22-17(21)18(9-8-13(3)16(18)20)10-14-4-6-15(11-19)7-5-14/h4-7,12-13H,8-10H2,1-3H3. The summed E-state index contributed by atoms with van der Waals surface area (Å²) in [6, 6.07) is 9.09. The highest BCUT2D eigenvalue weighted by molar-refractivity contribution is 6.06. The van der Waals surface area contributed by atoms with E-state index in [4.69, 9.17) is 10.00 Å². The molecule has 2 atom stereocenters. The summed E-state index contributed by atoms with van der Waals surface area (Å²) >= 11 is 0. The fourth-order valence-electron chi connectivity index (χ4n) is 3.01. The van der Waals surface area contributed by atoms with Crippen LogP contribution in [0.25, 0.3) is 0 Å². The van der Waals surface area contributed by atoms with E-state index in [0.29, 0.717) is 24.8 Å².